The Hall–Kier alpha value is -1.82. The number of carbonyl (C=O) groups is 1. The number of nitrogens with zero attached hydrogens (tertiary/aromatic N) is 2. The fourth-order valence-corrected chi connectivity index (χ4v) is 1.92. The minimum atomic E-state index is -0.0822. The van der Waals surface area contributed by atoms with Crippen LogP contribution in [0.1, 0.15) is 5.56 Å². The molecule has 1 aromatic heterocycles. The number of likely N-dealkylation sites (N-methyl/N-ethyl adjacent to an activating group) is 1. The molecule has 1 aromatic carbocycles. The Morgan fingerprint density at radius 2 is 2.37 bits per heavy atom. The monoisotopic (exact) mass is 323 g/mol. The maximum atomic E-state index is 11.9. The summed E-state index contributed by atoms with van der Waals surface area (Å²) in [5.74, 6) is 0.584. The van der Waals surface area contributed by atoms with E-state index in [2.05, 4.69) is 26.1 Å². The summed E-state index contributed by atoms with van der Waals surface area (Å²) >= 11 is 3.35. The molecule has 1 heterocycles. The average molecular weight is 324 g/mol. The molecule has 19 heavy (non-hydrogen) atoms. The normalized spacial score (nSPS) is 10.2. The van der Waals surface area contributed by atoms with Gasteiger partial charge in [0.1, 0.15) is 5.75 Å². The van der Waals surface area contributed by atoms with Crippen molar-refractivity contribution in [3.05, 3.63) is 46.7 Å². The lowest BCUT2D eigenvalue weighted by atomic mass is 10.3. The van der Waals surface area contributed by atoms with Gasteiger partial charge in [0.2, 0.25) is 0 Å². The summed E-state index contributed by atoms with van der Waals surface area (Å²) in [6.45, 7) is 0.530. The fraction of sp³-hybridized carbons (Fsp3) is 0.231. The van der Waals surface area contributed by atoms with Gasteiger partial charge in [0, 0.05) is 29.8 Å². The van der Waals surface area contributed by atoms with Crippen LogP contribution in [0, 0.1) is 0 Å². The third-order valence-corrected chi connectivity index (χ3v) is 3.05. The predicted octanol–water partition coefficient (Wildman–Crippen LogP) is 2.21. The Morgan fingerprint density at radius 3 is 3.05 bits per heavy atom. The van der Waals surface area contributed by atoms with Crippen molar-refractivity contribution in [1.82, 2.24) is 15.1 Å². The van der Waals surface area contributed by atoms with E-state index in [1.165, 1.54) is 0 Å². The van der Waals surface area contributed by atoms with Crippen LogP contribution >= 0.6 is 15.9 Å². The van der Waals surface area contributed by atoms with Gasteiger partial charge in [-0.2, -0.15) is 5.10 Å². The van der Waals surface area contributed by atoms with E-state index in [9.17, 15) is 4.79 Å². The van der Waals surface area contributed by atoms with Crippen LogP contribution in [0.5, 0.6) is 5.75 Å². The molecule has 2 rings (SSSR count). The summed E-state index contributed by atoms with van der Waals surface area (Å²) in [4.78, 5) is 13.5. The van der Waals surface area contributed by atoms with Gasteiger partial charge in [0.05, 0.1) is 6.20 Å². The number of nitrogens with one attached hydrogen (secondary N) is 1. The van der Waals surface area contributed by atoms with E-state index in [0.29, 0.717) is 12.3 Å². The summed E-state index contributed by atoms with van der Waals surface area (Å²) in [7, 11) is 1.74. The van der Waals surface area contributed by atoms with Crippen molar-refractivity contribution in [3.8, 4) is 5.75 Å². The predicted molar refractivity (Wildman–Crippen MR) is 74.7 cm³/mol. The first-order chi connectivity index (χ1) is 9.15. The zero-order valence-electron chi connectivity index (χ0n) is 10.5. The van der Waals surface area contributed by atoms with E-state index in [4.69, 9.17) is 4.74 Å². The molecule has 0 atom stereocenters. The lowest BCUT2D eigenvalue weighted by Gasteiger charge is -2.16. The largest absolute Gasteiger partial charge is 0.484 e. The summed E-state index contributed by atoms with van der Waals surface area (Å²) in [5, 5.41) is 6.55. The number of benzene rings is 1. The van der Waals surface area contributed by atoms with Crippen LogP contribution in [0.15, 0.2) is 41.1 Å². The number of rotatable bonds is 5. The van der Waals surface area contributed by atoms with Crippen molar-refractivity contribution < 1.29 is 9.53 Å². The fourth-order valence-electron chi connectivity index (χ4n) is 1.54. The number of aromatic amines is 1. The Kier molecular flexibility index (Phi) is 4.57. The Bertz CT molecular complexity index is 543. The van der Waals surface area contributed by atoms with Crippen LogP contribution in [-0.4, -0.2) is 34.7 Å². The Labute approximate surface area is 119 Å². The van der Waals surface area contributed by atoms with Gasteiger partial charge in [0.25, 0.3) is 5.91 Å². The molecule has 2 aromatic rings. The van der Waals surface area contributed by atoms with E-state index in [-0.39, 0.29) is 12.5 Å². The molecule has 0 spiro atoms. The molecule has 1 N–H and O–H groups in total. The van der Waals surface area contributed by atoms with Crippen LogP contribution in [0.4, 0.5) is 0 Å². The number of hydrogen-bond donors (Lipinski definition) is 1. The van der Waals surface area contributed by atoms with Gasteiger partial charge in [-0.25, -0.2) is 0 Å². The number of carbonyl (C=O) groups excluding carboxylic acids is 1. The van der Waals surface area contributed by atoms with E-state index in [1.807, 2.05) is 24.3 Å². The number of H-pyrrole nitrogens is 1. The standard InChI is InChI=1S/C13H14BrN3O2/c1-17(8-10-6-15-16-7-10)13(18)9-19-12-4-2-3-11(14)5-12/h2-7H,8-9H2,1H3,(H,15,16). The number of halogens is 1. The second-order valence-corrected chi connectivity index (χ2v) is 5.02. The molecule has 1 amide bonds. The van der Waals surface area contributed by atoms with Gasteiger partial charge in [0.15, 0.2) is 6.61 Å². The van der Waals surface area contributed by atoms with Crippen LogP contribution < -0.4 is 4.74 Å². The first kappa shape index (κ1) is 13.6. The van der Waals surface area contributed by atoms with Crippen molar-refractivity contribution >= 4 is 21.8 Å². The van der Waals surface area contributed by atoms with Crippen LogP contribution in [0.2, 0.25) is 0 Å². The number of aromatic nitrogens is 2. The van der Waals surface area contributed by atoms with E-state index >= 15 is 0 Å². The highest BCUT2D eigenvalue weighted by molar-refractivity contribution is 9.10. The minimum Gasteiger partial charge on any atom is -0.484 e. The molecule has 0 bridgehead atoms. The van der Waals surface area contributed by atoms with Crippen molar-refractivity contribution in [3.63, 3.8) is 0 Å². The van der Waals surface area contributed by atoms with Gasteiger partial charge in [-0.1, -0.05) is 22.0 Å². The van der Waals surface area contributed by atoms with Crippen molar-refractivity contribution in [2.24, 2.45) is 0 Å². The number of ether oxygens (including phenoxy) is 1. The second kappa shape index (κ2) is 6.38. The molecule has 0 aliphatic rings. The van der Waals surface area contributed by atoms with Crippen molar-refractivity contribution in [1.29, 1.82) is 0 Å². The molecule has 0 unspecified atom stereocenters. The molecule has 0 saturated heterocycles. The zero-order chi connectivity index (χ0) is 13.7. The van der Waals surface area contributed by atoms with Gasteiger partial charge in [-0.05, 0) is 18.2 Å². The minimum absolute atomic E-state index is 0.0187. The second-order valence-electron chi connectivity index (χ2n) is 4.10. The highest BCUT2D eigenvalue weighted by atomic mass is 79.9. The molecule has 0 radical (unpaired) electrons. The lowest BCUT2D eigenvalue weighted by molar-refractivity contribution is -0.132. The molecule has 0 saturated carbocycles. The third kappa shape index (κ3) is 4.10. The molecule has 100 valence electrons. The van der Waals surface area contributed by atoms with Crippen molar-refractivity contribution in [2.45, 2.75) is 6.54 Å². The van der Waals surface area contributed by atoms with E-state index in [1.54, 1.807) is 24.3 Å². The first-order valence-corrected chi connectivity index (χ1v) is 6.54. The smallest absolute Gasteiger partial charge is 0.260 e. The summed E-state index contributed by atoms with van der Waals surface area (Å²) in [6, 6.07) is 7.40. The molecular weight excluding hydrogens is 310 g/mol. The average Bonchev–Trinajstić information content (AvgIpc) is 2.89. The van der Waals surface area contributed by atoms with Gasteiger partial charge in [-0.3, -0.25) is 9.89 Å². The van der Waals surface area contributed by atoms with E-state index in [0.717, 1.165) is 10.0 Å². The van der Waals surface area contributed by atoms with Crippen LogP contribution in [0.3, 0.4) is 0 Å². The van der Waals surface area contributed by atoms with Gasteiger partial charge >= 0.3 is 0 Å². The molecule has 0 fully saturated rings. The zero-order valence-corrected chi connectivity index (χ0v) is 12.1. The highest BCUT2D eigenvalue weighted by Gasteiger charge is 2.10. The molecular formula is C13H14BrN3O2. The van der Waals surface area contributed by atoms with E-state index < -0.39 is 0 Å². The summed E-state index contributed by atoms with van der Waals surface area (Å²) in [6.07, 6.45) is 3.46. The molecule has 5 nitrogen and oxygen atoms in total. The van der Waals surface area contributed by atoms with Crippen LogP contribution in [-0.2, 0) is 11.3 Å². The van der Waals surface area contributed by atoms with Crippen molar-refractivity contribution in [2.75, 3.05) is 13.7 Å². The topological polar surface area (TPSA) is 58.2 Å². The number of hydrogen-bond acceptors (Lipinski definition) is 3. The molecule has 0 aliphatic carbocycles. The lowest BCUT2D eigenvalue weighted by Crippen LogP contribution is -2.30. The Balaban J connectivity index is 1.84. The quantitative estimate of drug-likeness (QED) is 0.917. The SMILES string of the molecule is CN(Cc1cn[nH]c1)C(=O)COc1cccc(Br)c1. The Morgan fingerprint density at radius 1 is 1.53 bits per heavy atom. The van der Waals surface area contributed by atoms with Crippen LogP contribution in [0.25, 0.3) is 0 Å². The van der Waals surface area contributed by atoms with Gasteiger partial charge in [-0.15, -0.1) is 0 Å². The maximum absolute atomic E-state index is 11.9. The maximum Gasteiger partial charge on any atom is 0.260 e. The first-order valence-electron chi connectivity index (χ1n) is 5.75. The molecule has 0 aliphatic heterocycles. The summed E-state index contributed by atoms with van der Waals surface area (Å²) < 4.78 is 6.36. The van der Waals surface area contributed by atoms with Gasteiger partial charge < -0.3 is 9.64 Å². The summed E-state index contributed by atoms with van der Waals surface area (Å²) in [5.41, 5.74) is 0.957. The molecule has 6 heteroatoms. The third-order valence-electron chi connectivity index (χ3n) is 2.56. The number of amides is 1. The highest BCUT2D eigenvalue weighted by Crippen LogP contribution is 2.17.